The number of amides is 2. The van der Waals surface area contributed by atoms with Crippen LogP contribution < -0.4 is 10.1 Å². The minimum absolute atomic E-state index is 0.00259. The lowest BCUT2D eigenvalue weighted by Gasteiger charge is -2.32. The molecule has 3 rings (SSSR count). The van der Waals surface area contributed by atoms with Crippen molar-refractivity contribution in [3.05, 3.63) is 70.8 Å². The molecule has 1 fully saturated rings. The fourth-order valence-electron chi connectivity index (χ4n) is 3.34. The third-order valence-electron chi connectivity index (χ3n) is 5.01. The highest BCUT2D eigenvalue weighted by Gasteiger charge is 2.24. The standard InChI is InChI=1S/C24H25ClN2O5/c1-2-31-24(30)32-20-10-7-18(8-11-20)23(29)27-15-13-19(14-16-27)26-22(28)12-9-17-5-3-4-6-21(17)25/h3-12,19H,2,13-16H2,1H3,(H,26,28)/b12-9+. The molecule has 7 nitrogen and oxygen atoms in total. The van der Waals surface area contributed by atoms with E-state index in [1.54, 1.807) is 48.2 Å². The summed E-state index contributed by atoms with van der Waals surface area (Å²) in [7, 11) is 0. The van der Waals surface area contributed by atoms with Crippen molar-refractivity contribution in [3.8, 4) is 5.75 Å². The van der Waals surface area contributed by atoms with Crippen LogP contribution in [0.3, 0.4) is 0 Å². The number of piperidine rings is 1. The molecule has 32 heavy (non-hydrogen) atoms. The van der Waals surface area contributed by atoms with Crippen LogP contribution in [0.2, 0.25) is 5.02 Å². The van der Waals surface area contributed by atoms with Crippen molar-refractivity contribution in [3.63, 3.8) is 0 Å². The van der Waals surface area contributed by atoms with Gasteiger partial charge in [0.1, 0.15) is 5.75 Å². The first kappa shape index (κ1) is 23.3. The Morgan fingerprint density at radius 1 is 1.09 bits per heavy atom. The van der Waals surface area contributed by atoms with Crippen LogP contribution in [0.15, 0.2) is 54.6 Å². The monoisotopic (exact) mass is 456 g/mol. The summed E-state index contributed by atoms with van der Waals surface area (Å²) in [6.07, 6.45) is 3.71. The van der Waals surface area contributed by atoms with Gasteiger partial charge in [0.15, 0.2) is 0 Å². The molecule has 0 spiro atoms. The maximum atomic E-state index is 12.7. The highest BCUT2D eigenvalue weighted by Crippen LogP contribution is 2.18. The van der Waals surface area contributed by atoms with Crippen LogP contribution >= 0.6 is 11.6 Å². The van der Waals surface area contributed by atoms with E-state index >= 15 is 0 Å². The summed E-state index contributed by atoms with van der Waals surface area (Å²) < 4.78 is 9.72. The van der Waals surface area contributed by atoms with Gasteiger partial charge in [-0.2, -0.15) is 0 Å². The zero-order chi connectivity index (χ0) is 22.9. The first-order chi connectivity index (χ1) is 15.5. The molecular formula is C24H25ClN2O5. The van der Waals surface area contributed by atoms with Crippen LogP contribution in [0.1, 0.15) is 35.7 Å². The third kappa shape index (κ3) is 6.59. The molecule has 0 radical (unpaired) electrons. The normalized spacial score (nSPS) is 14.2. The van der Waals surface area contributed by atoms with E-state index in [0.29, 0.717) is 42.3 Å². The van der Waals surface area contributed by atoms with E-state index in [2.05, 4.69) is 5.32 Å². The molecule has 2 amide bonds. The van der Waals surface area contributed by atoms with Crippen LogP contribution in [0.25, 0.3) is 6.08 Å². The van der Waals surface area contributed by atoms with Crippen LogP contribution in [0, 0.1) is 0 Å². The summed E-state index contributed by atoms with van der Waals surface area (Å²) in [6.45, 7) is 3.00. The topological polar surface area (TPSA) is 84.9 Å². The van der Waals surface area contributed by atoms with Crippen LogP contribution in [0.4, 0.5) is 4.79 Å². The van der Waals surface area contributed by atoms with Crippen molar-refractivity contribution in [1.82, 2.24) is 10.2 Å². The van der Waals surface area contributed by atoms with Gasteiger partial charge in [-0.3, -0.25) is 9.59 Å². The largest absolute Gasteiger partial charge is 0.513 e. The minimum atomic E-state index is -0.780. The molecule has 2 aromatic carbocycles. The number of carbonyl (C=O) groups excluding carboxylic acids is 3. The second-order valence-corrected chi connectivity index (χ2v) is 7.65. The number of hydrogen-bond acceptors (Lipinski definition) is 5. The predicted octanol–water partition coefficient (Wildman–Crippen LogP) is 4.31. The van der Waals surface area contributed by atoms with Gasteiger partial charge in [-0.15, -0.1) is 0 Å². The van der Waals surface area contributed by atoms with E-state index in [-0.39, 0.29) is 24.5 Å². The lowest BCUT2D eigenvalue weighted by molar-refractivity contribution is -0.117. The third-order valence-corrected chi connectivity index (χ3v) is 5.36. The summed E-state index contributed by atoms with van der Waals surface area (Å²) >= 11 is 6.09. The van der Waals surface area contributed by atoms with Gasteiger partial charge in [-0.25, -0.2) is 4.79 Å². The molecule has 1 aliphatic heterocycles. The van der Waals surface area contributed by atoms with E-state index in [9.17, 15) is 14.4 Å². The summed E-state index contributed by atoms with van der Waals surface area (Å²) in [5.74, 6) is 0.0224. The number of nitrogens with one attached hydrogen (secondary N) is 1. The summed E-state index contributed by atoms with van der Waals surface area (Å²) in [5, 5.41) is 3.56. The maximum absolute atomic E-state index is 12.7. The van der Waals surface area contributed by atoms with Gasteiger partial charge >= 0.3 is 6.16 Å². The van der Waals surface area contributed by atoms with E-state index in [1.807, 2.05) is 18.2 Å². The first-order valence-corrected chi connectivity index (χ1v) is 10.8. The highest BCUT2D eigenvalue weighted by atomic mass is 35.5. The van der Waals surface area contributed by atoms with E-state index in [4.69, 9.17) is 21.1 Å². The van der Waals surface area contributed by atoms with E-state index < -0.39 is 6.16 Å². The van der Waals surface area contributed by atoms with E-state index in [1.165, 1.54) is 6.08 Å². The lowest BCUT2D eigenvalue weighted by Crippen LogP contribution is -2.46. The summed E-state index contributed by atoms with van der Waals surface area (Å²) in [6, 6.07) is 13.7. The lowest BCUT2D eigenvalue weighted by atomic mass is 10.0. The molecule has 1 N–H and O–H groups in total. The number of rotatable bonds is 6. The second-order valence-electron chi connectivity index (χ2n) is 7.24. The zero-order valence-electron chi connectivity index (χ0n) is 17.8. The van der Waals surface area contributed by atoms with Crippen molar-refractivity contribution in [2.45, 2.75) is 25.8 Å². The highest BCUT2D eigenvalue weighted by molar-refractivity contribution is 6.32. The Kier molecular flexibility index (Phi) is 8.27. The quantitative estimate of drug-likeness (QED) is 0.397. The SMILES string of the molecule is CCOC(=O)Oc1ccc(C(=O)N2CCC(NC(=O)/C=C/c3ccccc3Cl)CC2)cc1. The first-order valence-electron chi connectivity index (χ1n) is 10.4. The molecule has 1 saturated heterocycles. The van der Waals surface area contributed by atoms with Gasteiger partial charge in [0.05, 0.1) is 6.61 Å². The second kappa shape index (κ2) is 11.3. The molecule has 168 valence electrons. The van der Waals surface area contributed by atoms with Crippen molar-refractivity contribution < 1.29 is 23.9 Å². The molecule has 0 atom stereocenters. The van der Waals surface area contributed by atoms with Gasteiger partial charge in [-0.1, -0.05) is 29.8 Å². The van der Waals surface area contributed by atoms with Gasteiger partial charge in [-0.05, 0) is 61.7 Å². The predicted molar refractivity (Wildman–Crippen MR) is 122 cm³/mol. The fraction of sp³-hybridized carbons (Fsp3) is 0.292. The number of likely N-dealkylation sites (tertiary alicyclic amines) is 1. The van der Waals surface area contributed by atoms with Gasteiger partial charge in [0.25, 0.3) is 5.91 Å². The Morgan fingerprint density at radius 2 is 1.78 bits per heavy atom. The molecule has 0 unspecified atom stereocenters. The zero-order valence-corrected chi connectivity index (χ0v) is 18.5. The molecule has 0 aliphatic carbocycles. The molecule has 1 aliphatic rings. The maximum Gasteiger partial charge on any atom is 0.513 e. The van der Waals surface area contributed by atoms with Crippen molar-refractivity contribution in [2.24, 2.45) is 0 Å². The molecule has 8 heteroatoms. The fourth-order valence-corrected chi connectivity index (χ4v) is 3.54. The average Bonchev–Trinajstić information content (AvgIpc) is 2.79. The summed E-state index contributed by atoms with van der Waals surface area (Å²) in [4.78, 5) is 38.1. The number of nitrogens with zero attached hydrogens (tertiary/aromatic N) is 1. The Balaban J connectivity index is 1.46. The number of ether oxygens (including phenoxy) is 2. The number of benzene rings is 2. The van der Waals surface area contributed by atoms with Crippen molar-refractivity contribution in [1.29, 1.82) is 0 Å². The smallest absolute Gasteiger partial charge is 0.434 e. The molecular weight excluding hydrogens is 432 g/mol. The van der Waals surface area contributed by atoms with Crippen molar-refractivity contribution in [2.75, 3.05) is 19.7 Å². The van der Waals surface area contributed by atoms with Gasteiger partial charge in [0.2, 0.25) is 5.91 Å². The van der Waals surface area contributed by atoms with E-state index in [0.717, 1.165) is 5.56 Å². The Bertz CT molecular complexity index is 982. The molecule has 1 heterocycles. The molecule has 0 bridgehead atoms. The van der Waals surface area contributed by atoms with Crippen LogP contribution in [-0.4, -0.2) is 48.6 Å². The van der Waals surface area contributed by atoms with Crippen molar-refractivity contribution >= 4 is 35.6 Å². The summed E-state index contributed by atoms with van der Waals surface area (Å²) in [5.41, 5.74) is 1.29. The molecule has 2 aromatic rings. The molecule has 0 aromatic heterocycles. The Hall–Kier alpha value is -3.32. The van der Waals surface area contributed by atoms with Crippen LogP contribution in [0.5, 0.6) is 5.75 Å². The number of hydrogen-bond donors (Lipinski definition) is 1. The Morgan fingerprint density at radius 3 is 2.44 bits per heavy atom. The minimum Gasteiger partial charge on any atom is -0.434 e. The van der Waals surface area contributed by atoms with Crippen LogP contribution in [-0.2, 0) is 9.53 Å². The Labute approximate surface area is 191 Å². The van der Waals surface area contributed by atoms with Gasteiger partial charge < -0.3 is 19.7 Å². The number of carbonyl (C=O) groups is 3. The number of halogens is 1. The molecule has 0 saturated carbocycles. The van der Waals surface area contributed by atoms with Gasteiger partial charge in [0, 0.05) is 35.8 Å². The average molecular weight is 457 g/mol.